The molecular formula is C14H20O2. The van der Waals surface area contributed by atoms with Crippen molar-refractivity contribution < 1.29 is 9.47 Å². The van der Waals surface area contributed by atoms with Gasteiger partial charge in [0.05, 0.1) is 6.61 Å². The SMILES string of the molecule is C=C(OCC)c1ccc(OC(C)(C)C)cc1. The first-order valence-corrected chi connectivity index (χ1v) is 5.53. The summed E-state index contributed by atoms with van der Waals surface area (Å²) in [6.07, 6.45) is 0. The zero-order valence-corrected chi connectivity index (χ0v) is 10.5. The van der Waals surface area contributed by atoms with Crippen LogP contribution in [0.25, 0.3) is 5.76 Å². The Bertz CT molecular complexity index is 344. The molecule has 0 aliphatic carbocycles. The van der Waals surface area contributed by atoms with Crippen molar-refractivity contribution in [2.75, 3.05) is 6.61 Å². The Morgan fingerprint density at radius 1 is 1.19 bits per heavy atom. The molecule has 0 amide bonds. The van der Waals surface area contributed by atoms with E-state index in [1.807, 2.05) is 52.0 Å². The van der Waals surface area contributed by atoms with Crippen LogP contribution in [-0.4, -0.2) is 12.2 Å². The standard InChI is InChI=1S/C14H20O2/c1-6-15-11(2)12-7-9-13(10-8-12)16-14(3,4)5/h7-10H,2,6H2,1,3-5H3. The summed E-state index contributed by atoms with van der Waals surface area (Å²) in [6, 6.07) is 7.79. The van der Waals surface area contributed by atoms with Crippen molar-refractivity contribution in [2.24, 2.45) is 0 Å². The van der Waals surface area contributed by atoms with Gasteiger partial charge in [-0.1, -0.05) is 6.58 Å². The number of hydrogen-bond donors (Lipinski definition) is 0. The summed E-state index contributed by atoms with van der Waals surface area (Å²) in [6.45, 7) is 12.5. The number of ether oxygens (including phenoxy) is 2. The minimum Gasteiger partial charge on any atom is -0.494 e. The van der Waals surface area contributed by atoms with Crippen LogP contribution in [0.4, 0.5) is 0 Å². The maximum atomic E-state index is 5.73. The third-order valence-electron chi connectivity index (χ3n) is 1.92. The fourth-order valence-electron chi connectivity index (χ4n) is 1.32. The van der Waals surface area contributed by atoms with E-state index in [1.165, 1.54) is 0 Å². The lowest BCUT2D eigenvalue weighted by molar-refractivity contribution is 0.131. The molecule has 0 radical (unpaired) electrons. The quantitative estimate of drug-likeness (QED) is 0.717. The summed E-state index contributed by atoms with van der Waals surface area (Å²) < 4.78 is 11.1. The van der Waals surface area contributed by atoms with Crippen LogP contribution in [0.5, 0.6) is 5.75 Å². The summed E-state index contributed by atoms with van der Waals surface area (Å²) >= 11 is 0. The molecule has 1 rings (SSSR count). The molecule has 0 saturated carbocycles. The second-order valence-electron chi connectivity index (χ2n) is 4.60. The molecule has 0 aliphatic heterocycles. The van der Waals surface area contributed by atoms with Crippen LogP contribution < -0.4 is 4.74 Å². The molecule has 88 valence electrons. The normalized spacial score (nSPS) is 11.0. The molecule has 1 aromatic rings. The highest BCUT2D eigenvalue weighted by Gasteiger charge is 2.11. The molecule has 0 aromatic heterocycles. The summed E-state index contributed by atoms with van der Waals surface area (Å²) in [5.74, 6) is 1.56. The van der Waals surface area contributed by atoms with Crippen molar-refractivity contribution in [3.8, 4) is 5.75 Å². The molecule has 0 bridgehead atoms. The Kier molecular flexibility index (Phi) is 3.99. The monoisotopic (exact) mass is 220 g/mol. The van der Waals surface area contributed by atoms with E-state index < -0.39 is 0 Å². The molecule has 2 heteroatoms. The van der Waals surface area contributed by atoms with Gasteiger partial charge in [0.25, 0.3) is 0 Å². The molecule has 0 heterocycles. The molecule has 0 fully saturated rings. The predicted molar refractivity (Wildman–Crippen MR) is 67.5 cm³/mol. The van der Waals surface area contributed by atoms with Gasteiger partial charge in [0, 0.05) is 5.56 Å². The van der Waals surface area contributed by atoms with Crippen LogP contribution in [0.3, 0.4) is 0 Å². The largest absolute Gasteiger partial charge is 0.494 e. The van der Waals surface area contributed by atoms with Crippen molar-refractivity contribution in [3.63, 3.8) is 0 Å². The van der Waals surface area contributed by atoms with Gasteiger partial charge < -0.3 is 9.47 Å². The topological polar surface area (TPSA) is 18.5 Å². The fourth-order valence-corrected chi connectivity index (χ4v) is 1.32. The van der Waals surface area contributed by atoms with Crippen molar-refractivity contribution in [3.05, 3.63) is 36.4 Å². The first-order chi connectivity index (χ1) is 7.42. The van der Waals surface area contributed by atoms with Gasteiger partial charge >= 0.3 is 0 Å². The average Bonchev–Trinajstić information content (AvgIpc) is 2.16. The minimum atomic E-state index is -0.168. The Morgan fingerprint density at radius 2 is 1.75 bits per heavy atom. The highest BCUT2D eigenvalue weighted by molar-refractivity contribution is 5.58. The van der Waals surface area contributed by atoms with Gasteiger partial charge in [0.1, 0.15) is 17.1 Å². The van der Waals surface area contributed by atoms with Crippen molar-refractivity contribution in [2.45, 2.75) is 33.3 Å². The Morgan fingerprint density at radius 3 is 2.19 bits per heavy atom. The van der Waals surface area contributed by atoms with Crippen LogP contribution in [0.1, 0.15) is 33.3 Å². The van der Waals surface area contributed by atoms with E-state index in [-0.39, 0.29) is 5.60 Å². The van der Waals surface area contributed by atoms with E-state index in [0.29, 0.717) is 12.4 Å². The van der Waals surface area contributed by atoms with Gasteiger partial charge in [-0.05, 0) is 52.0 Å². The average molecular weight is 220 g/mol. The van der Waals surface area contributed by atoms with E-state index >= 15 is 0 Å². The molecular weight excluding hydrogens is 200 g/mol. The molecule has 16 heavy (non-hydrogen) atoms. The second kappa shape index (κ2) is 5.06. The zero-order chi connectivity index (χ0) is 12.2. The van der Waals surface area contributed by atoms with Crippen LogP contribution in [0.15, 0.2) is 30.8 Å². The Hall–Kier alpha value is -1.44. The minimum absolute atomic E-state index is 0.168. The van der Waals surface area contributed by atoms with Crippen molar-refractivity contribution >= 4 is 5.76 Å². The molecule has 0 saturated heterocycles. The maximum Gasteiger partial charge on any atom is 0.120 e. The molecule has 2 nitrogen and oxygen atoms in total. The van der Waals surface area contributed by atoms with E-state index in [4.69, 9.17) is 9.47 Å². The zero-order valence-electron chi connectivity index (χ0n) is 10.5. The summed E-state index contributed by atoms with van der Waals surface area (Å²) in [4.78, 5) is 0. The summed E-state index contributed by atoms with van der Waals surface area (Å²) in [5.41, 5.74) is 0.821. The Balaban J connectivity index is 2.72. The second-order valence-corrected chi connectivity index (χ2v) is 4.60. The van der Waals surface area contributed by atoms with E-state index in [0.717, 1.165) is 11.3 Å². The van der Waals surface area contributed by atoms with Crippen molar-refractivity contribution in [1.82, 2.24) is 0 Å². The van der Waals surface area contributed by atoms with Crippen LogP contribution in [0.2, 0.25) is 0 Å². The van der Waals surface area contributed by atoms with Crippen LogP contribution >= 0.6 is 0 Å². The third kappa shape index (κ3) is 3.97. The van der Waals surface area contributed by atoms with E-state index in [9.17, 15) is 0 Å². The van der Waals surface area contributed by atoms with E-state index in [1.54, 1.807) is 0 Å². The van der Waals surface area contributed by atoms with Gasteiger partial charge in [0.2, 0.25) is 0 Å². The highest BCUT2D eigenvalue weighted by Crippen LogP contribution is 2.21. The maximum absolute atomic E-state index is 5.73. The number of hydrogen-bond acceptors (Lipinski definition) is 2. The number of rotatable bonds is 4. The Labute approximate surface area is 97.9 Å². The lowest BCUT2D eigenvalue weighted by atomic mass is 10.1. The molecule has 0 unspecified atom stereocenters. The van der Waals surface area contributed by atoms with Gasteiger partial charge in [-0.3, -0.25) is 0 Å². The molecule has 0 aliphatic rings. The van der Waals surface area contributed by atoms with Crippen LogP contribution in [0, 0.1) is 0 Å². The molecule has 0 N–H and O–H groups in total. The van der Waals surface area contributed by atoms with Crippen LogP contribution in [-0.2, 0) is 4.74 Å². The highest BCUT2D eigenvalue weighted by atomic mass is 16.5. The molecule has 1 aromatic carbocycles. The first kappa shape index (κ1) is 12.6. The third-order valence-corrected chi connectivity index (χ3v) is 1.92. The lowest BCUT2D eigenvalue weighted by Gasteiger charge is -2.21. The summed E-state index contributed by atoms with van der Waals surface area (Å²) in [7, 11) is 0. The van der Waals surface area contributed by atoms with Gasteiger partial charge in [-0.2, -0.15) is 0 Å². The van der Waals surface area contributed by atoms with Crippen molar-refractivity contribution in [1.29, 1.82) is 0 Å². The molecule has 0 atom stereocenters. The van der Waals surface area contributed by atoms with E-state index in [2.05, 4.69) is 6.58 Å². The summed E-state index contributed by atoms with van der Waals surface area (Å²) in [5, 5.41) is 0. The lowest BCUT2D eigenvalue weighted by Crippen LogP contribution is -2.22. The predicted octanol–water partition coefficient (Wildman–Crippen LogP) is 3.87. The van der Waals surface area contributed by atoms with Gasteiger partial charge in [0.15, 0.2) is 0 Å². The van der Waals surface area contributed by atoms with Gasteiger partial charge in [-0.15, -0.1) is 0 Å². The van der Waals surface area contributed by atoms with Gasteiger partial charge in [-0.25, -0.2) is 0 Å². The number of benzene rings is 1. The smallest absolute Gasteiger partial charge is 0.120 e. The fraction of sp³-hybridized carbons (Fsp3) is 0.429. The first-order valence-electron chi connectivity index (χ1n) is 5.53. The molecule has 0 spiro atoms.